The molecule has 1 aromatic carbocycles. The maximum atomic E-state index is 13.4. The van der Waals surface area contributed by atoms with Gasteiger partial charge in [0.2, 0.25) is 0 Å². The highest BCUT2D eigenvalue weighted by Gasteiger charge is 2.34. The number of likely N-dealkylation sites (N-methyl/N-ethyl adjacent to an activating group) is 1. The summed E-state index contributed by atoms with van der Waals surface area (Å²) >= 11 is 0. The summed E-state index contributed by atoms with van der Waals surface area (Å²) in [7, 11) is 2.03. The van der Waals surface area contributed by atoms with Crippen LogP contribution in [0.25, 0.3) is 0 Å². The van der Waals surface area contributed by atoms with E-state index in [0.717, 1.165) is 36.4 Å². The molecule has 6 heteroatoms. The first kappa shape index (κ1) is 17.6. The third-order valence-electron chi connectivity index (χ3n) is 5.63. The summed E-state index contributed by atoms with van der Waals surface area (Å²) < 4.78 is 18.9. The molecule has 1 aromatic heterocycles. The Balaban J connectivity index is 1.39. The molecule has 0 spiro atoms. The van der Waals surface area contributed by atoms with Gasteiger partial charge in [-0.15, -0.1) is 0 Å². The molecule has 0 amide bonds. The molecule has 2 aliphatic rings. The van der Waals surface area contributed by atoms with Crippen molar-refractivity contribution in [2.45, 2.75) is 50.9 Å². The zero-order valence-electron chi connectivity index (χ0n) is 15.2. The van der Waals surface area contributed by atoms with Gasteiger partial charge in [-0.25, -0.2) is 4.39 Å². The van der Waals surface area contributed by atoms with Gasteiger partial charge in [0.25, 0.3) is 0 Å². The van der Waals surface area contributed by atoms with Crippen molar-refractivity contribution in [3.8, 4) is 0 Å². The summed E-state index contributed by atoms with van der Waals surface area (Å²) in [6, 6.07) is 6.71. The molecular weight excluding hydrogens is 333 g/mol. The molecular formula is C20H26FN3O2. The average molecular weight is 359 g/mol. The summed E-state index contributed by atoms with van der Waals surface area (Å²) in [5.41, 5.74) is 3.22. The molecule has 1 saturated heterocycles. The number of halogens is 1. The largest absolute Gasteiger partial charge is 0.390 e. The monoisotopic (exact) mass is 359 g/mol. The lowest BCUT2D eigenvalue weighted by atomic mass is 9.96. The Morgan fingerprint density at radius 1 is 1.31 bits per heavy atom. The van der Waals surface area contributed by atoms with Crippen molar-refractivity contribution in [3.63, 3.8) is 0 Å². The number of β-amino-alcohol motifs (C(OH)–C–C–N with tert-alkyl or cyclic N) is 1. The molecule has 2 aromatic rings. The molecule has 4 rings (SSSR count). The minimum absolute atomic E-state index is 0.0412. The molecule has 0 radical (unpaired) electrons. The molecule has 2 heterocycles. The van der Waals surface area contributed by atoms with E-state index in [-0.39, 0.29) is 11.9 Å². The van der Waals surface area contributed by atoms with Crippen LogP contribution in [0.3, 0.4) is 0 Å². The lowest BCUT2D eigenvalue weighted by molar-refractivity contribution is 0.0935. The fourth-order valence-electron chi connectivity index (χ4n) is 4.23. The predicted molar refractivity (Wildman–Crippen MR) is 96.1 cm³/mol. The van der Waals surface area contributed by atoms with E-state index in [1.807, 2.05) is 13.1 Å². The van der Waals surface area contributed by atoms with E-state index >= 15 is 0 Å². The number of fused-ring (bicyclic) bond motifs is 1. The second kappa shape index (κ2) is 7.47. The lowest BCUT2D eigenvalue weighted by Crippen LogP contribution is -2.40. The Morgan fingerprint density at radius 3 is 3.00 bits per heavy atom. The number of benzene rings is 1. The second-order valence-electron chi connectivity index (χ2n) is 7.61. The molecule has 0 saturated carbocycles. The molecule has 0 unspecified atom stereocenters. The van der Waals surface area contributed by atoms with Crippen molar-refractivity contribution in [1.82, 2.24) is 15.0 Å². The Kier molecular flexibility index (Phi) is 5.07. The third kappa shape index (κ3) is 3.68. The van der Waals surface area contributed by atoms with Gasteiger partial charge in [0.05, 0.1) is 6.10 Å². The normalized spacial score (nSPS) is 23.5. The van der Waals surface area contributed by atoms with Gasteiger partial charge in [0.15, 0.2) is 0 Å². The number of aliphatic hydroxyl groups excluding tert-OH is 1. The van der Waals surface area contributed by atoms with Gasteiger partial charge in [-0.3, -0.25) is 9.80 Å². The number of aryl methyl sites for hydroxylation is 1. The number of rotatable bonds is 5. The standard InChI is InChI=1S/C20H26FN3O2/c1-23(11-17-16-7-2-3-8-20(16)26-22-17)18-12-24(13-19(18)25)10-14-5-4-6-15(21)9-14/h4-6,9,18-19,25H,2-3,7-8,10-13H2,1H3/t18-,19-/m0/s1. The SMILES string of the molecule is CN(Cc1noc2c1CCCC2)[C@H]1CN(Cc2cccc(F)c2)C[C@@H]1O. The maximum Gasteiger partial charge on any atom is 0.140 e. The number of aliphatic hydroxyl groups is 1. The van der Waals surface area contributed by atoms with Crippen molar-refractivity contribution < 1.29 is 14.0 Å². The minimum atomic E-state index is -0.420. The van der Waals surface area contributed by atoms with Crippen LogP contribution in [0.5, 0.6) is 0 Å². The van der Waals surface area contributed by atoms with E-state index < -0.39 is 6.10 Å². The van der Waals surface area contributed by atoms with Gasteiger partial charge in [-0.1, -0.05) is 17.3 Å². The number of hydrogen-bond acceptors (Lipinski definition) is 5. The second-order valence-corrected chi connectivity index (χ2v) is 7.61. The van der Waals surface area contributed by atoms with Crippen molar-refractivity contribution in [3.05, 3.63) is 52.7 Å². The van der Waals surface area contributed by atoms with Gasteiger partial charge in [-0.05, 0) is 44.0 Å². The number of likely N-dealkylation sites (tertiary alicyclic amines) is 1. The van der Waals surface area contributed by atoms with Crippen molar-refractivity contribution in [2.75, 3.05) is 20.1 Å². The van der Waals surface area contributed by atoms with Crippen LogP contribution in [0, 0.1) is 5.82 Å². The minimum Gasteiger partial charge on any atom is -0.390 e. The lowest BCUT2D eigenvalue weighted by Gasteiger charge is -2.26. The highest BCUT2D eigenvalue weighted by Crippen LogP contribution is 2.26. The van der Waals surface area contributed by atoms with E-state index in [9.17, 15) is 9.50 Å². The molecule has 26 heavy (non-hydrogen) atoms. The number of hydrogen-bond donors (Lipinski definition) is 1. The zero-order chi connectivity index (χ0) is 18.1. The Morgan fingerprint density at radius 2 is 2.15 bits per heavy atom. The Bertz CT molecular complexity index is 763. The Hall–Kier alpha value is -1.76. The van der Waals surface area contributed by atoms with Crippen LogP contribution in [0.15, 0.2) is 28.8 Å². The van der Waals surface area contributed by atoms with Gasteiger partial charge < -0.3 is 9.63 Å². The molecule has 2 atom stereocenters. The van der Waals surface area contributed by atoms with E-state index in [2.05, 4.69) is 15.0 Å². The summed E-state index contributed by atoms with van der Waals surface area (Å²) in [5.74, 6) is 0.825. The molecule has 1 N–H and O–H groups in total. The highest BCUT2D eigenvalue weighted by molar-refractivity contribution is 5.25. The Labute approximate surface area is 153 Å². The van der Waals surface area contributed by atoms with Crippen molar-refractivity contribution in [1.29, 1.82) is 0 Å². The van der Waals surface area contributed by atoms with E-state index in [1.54, 1.807) is 12.1 Å². The van der Waals surface area contributed by atoms with Crippen LogP contribution in [0.2, 0.25) is 0 Å². The van der Waals surface area contributed by atoms with Crippen molar-refractivity contribution in [2.24, 2.45) is 0 Å². The first-order valence-electron chi connectivity index (χ1n) is 9.41. The molecule has 1 fully saturated rings. The zero-order valence-corrected chi connectivity index (χ0v) is 15.2. The molecule has 0 bridgehead atoms. The van der Waals surface area contributed by atoms with Crippen LogP contribution < -0.4 is 0 Å². The molecule has 5 nitrogen and oxygen atoms in total. The fraction of sp³-hybridized carbons (Fsp3) is 0.550. The van der Waals surface area contributed by atoms with Gasteiger partial charge in [0, 0.05) is 44.2 Å². The van der Waals surface area contributed by atoms with Gasteiger partial charge in [-0.2, -0.15) is 0 Å². The van der Waals surface area contributed by atoms with E-state index in [4.69, 9.17) is 4.52 Å². The topological polar surface area (TPSA) is 52.7 Å². The van der Waals surface area contributed by atoms with Crippen LogP contribution in [0.1, 0.15) is 35.4 Å². The summed E-state index contributed by atoms with van der Waals surface area (Å²) in [4.78, 5) is 4.35. The van der Waals surface area contributed by atoms with Crippen LogP contribution in [0.4, 0.5) is 4.39 Å². The van der Waals surface area contributed by atoms with Crippen molar-refractivity contribution >= 4 is 0 Å². The number of nitrogens with zero attached hydrogens (tertiary/aromatic N) is 3. The first-order chi connectivity index (χ1) is 12.6. The van der Waals surface area contributed by atoms with Gasteiger partial charge in [0.1, 0.15) is 17.3 Å². The van der Waals surface area contributed by atoms with E-state index in [0.29, 0.717) is 19.6 Å². The quantitative estimate of drug-likeness (QED) is 0.888. The predicted octanol–water partition coefficient (Wildman–Crippen LogP) is 2.37. The fourth-order valence-corrected chi connectivity index (χ4v) is 4.23. The smallest absolute Gasteiger partial charge is 0.140 e. The van der Waals surface area contributed by atoms with Crippen LogP contribution >= 0.6 is 0 Å². The highest BCUT2D eigenvalue weighted by atomic mass is 19.1. The van der Waals surface area contributed by atoms with Crippen LogP contribution in [-0.4, -0.2) is 52.3 Å². The molecule has 1 aliphatic carbocycles. The van der Waals surface area contributed by atoms with Crippen LogP contribution in [-0.2, 0) is 25.9 Å². The van der Waals surface area contributed by atoms with Gasteiger partial charge >= 0.3 is 0 Å². The summed E-state index contributed by atoms with van der Waals surface area (Å²) in [6.07, 6.45) is 3.98. The maximum absolute atomic E-state index is 13.4. The summed E-state index contributed by atoms with van der Waals surface area (Å²) in [5, 5.41) is 14.8. The average Bonchev–Trinajstić information content (AvgIpc) is 3.19. The summed E-state index contributed by atoms with van der Waals surface area (Å²) in [6.45, 7) is 2.70. The first-order valence-corrected chi connectivity index (χ1v) is 9.41. The molecule has 140 valence electrons. The number of aromatic nitrogens is 1. The molecule has 1 aliphatic heterocycles. The third-order valence-corrected chi connectivity index (χ3v) is 5.63. The van der Waals surface area contributed by atoms with E-state index in [1.165, 1.54) is 24.5 Å².